The Hall–Kier alpha value is -3.84. The molecular formula is C25H23N5O2. The van der Waals surface area contributed by atoms with Crippen LogP contribution in [0.3, 0.4) is 0 Å². The van der Waals surface area contributed by atoms with Crippen molar-refractivity contribution in [1.29, 1.82) is 0 Å². The molecule has 3 heterocycles. The highest BCUT2D eigenvalue weighted by Gasteiger charge is 2.30. The number of aromatic nitrogens is 4. The van der Waals surface area contributed by atoms with Gasteiger partial charge in [0.1, 0.15) is 17.8 Å². The van der Waals surface area contributed by atoms with Crippen LogP contribution in [0.4, 0.5) is 5.82 Å². The molecule has 1 aliphatic rings. The fourth-order valence-corrected chi connectivity index (χ4v) is 4.02. The Morgan fingerprint density at radius 3 is 2.66 bits per heavy atom. The van der Waals surface area contributed by atoms with Crippen molar-refractivity contribution in [3.05, 3.63) is 83.7 Å². The van der Waals surface area contributed by atoms with Crippen LogP contribution in [0, 0.1) is 0 Å². The van der Waals surface area contributed by atoms with E-state index in [9.17, 15) is 9.90 Å². The third-order valence-corrected chi connectivity index (χ3v) is 5.73. The number of anilines is 1. The average Bonchev–Trinajstić information content (AvgIpc) is 3.44. The van der Waals surface area contributed by atoms with Crippen LogP contribution >= 0.6 is 0 Å². The summed E-state index contributed by atoms with van der Waals surface area (Å²) >= 11 is 0. The first kappa shape index (κ1) is 20.1. The number of amides is 1. The van der Waals surface area contributed by atoms with Crippen LogP contribution in [0.5, 0.6) is 0 Å². The first-order valence-corrected chi connectivity index (χ1v) is 10.6. The molecule has 1 aliphatic heterocycles. The molecule has 7 nitrogen and oxygen atoms in total. The third kappa shape index (κ3) is 3.46. The predicted molar refractivity (Wildman–Crippen MR) is 122 cm³/mol. The smallest absolute Gasteiger partial charge is 0.260 e. The van der Waals surface area contributed by atoms with Crippen molar-refractivity contribution in [3.8, 4) is 22.6 Å². The molecule has 0 fully saturated rings. The number of carbonyl (C=O) groups is 1. The number of benzene rings is 2. The molecule has 0 atom stereocenters. The average molecular weight is 425 g/mol. The van der Waals surface area contributed by atoms with Gasteiger partial charge in [-0.2, -0.15) is 0 Å². The normalized spacial score (nSPS) is 13.1. The van der Waals surface area contributed by atoms with E-state index in [-0.39, 0.29) is 18.6 Å². The maximum absolute atomic E-state index is 13.3. The highest BCUT2D eigenvalue weighted by Crippen LogP contribution is 2.32. The summed E-state index contributed by atoms with van der Waals surface area (Å²) < 4.78 is 1.96. The molecule has 0 saturated carbocycles. The predicted octanol–water partition coefficient (Wildman–Crippen LogP) is 4.24. The Labute approximate surface area is 186 Å². The molecule has 4 aromatic rings. The van der Waals surface area contributed by atoms with Crippen LogP contribution in [0.2, 0.25) is 0 Å². The van der Waals surface area contributed by atoms with E-state index < -0.39 is 0 Å². The highest BCUT2D eigenvalue weighted by molar-refractivity contribution is 6.10. The number of pyridine rings is 1. The summed E-state index contributed by atoms with van der Waals surface area (Å²) in [4.78, 5) is 19.7. The van der Waals surface area contributed by atoms with E-state index in [2.05, 4.69) is 24.0 Å². The van der Waals surface area contributed by atoms with Gasteiger partial charge >= 0.3 is 0 Å². The molecule has 1 amide bonds. The number of nitrogens with zero attached hydrogens (tertiary/aromatic N) is 5. The number of carbonyl (C=O) groups excluding carboxylic acids is 1. The van der Waals surface area contributed by atoms with Crippen LogP contribution < -0.4 is 4.90 Å². The molecule has 2 aromatic carbocycles. The summed E-state index contributed by atoms with van der Waals surface area (Å²) in [5.41, 5.74) is 5.08. The molecular weight excluding hydrogens is 402 g/mol. The summed E-state index contributed by atoms with van der Waals surface area (Å²) in [6.45, 7) is 4.58. The van der Waals surface area contributed by atoms with Crippen LogP contribution in [0.25, 0.3) is 22.6 Å². The molecule has 32 heavy (non-hydrogen) atoms. The van der Waals surface area contributed by atoms with Gasteiger partial charge in [0, 0.05) is 11.6 Å². The van der Waals surface area contributed by atoms with Crippen molar-refractivity contribution in [2.45, 2.75) is 33.0 Å². The standard InChI is InChI=1S/C25H23N5O2/c1-16(2)30-15-26-28-24(30)22-7-4-8-23(27-22)29-13-20-10-9-19(12-21(20)25(29)32)18-6-3-5-17(11-18)14-31/h3-12,15-16,31H,13-14H2,1-2H3. The maximum Gasteiger partial charge on any atom is 0.260 e. The minimum absolute atomic E-state index is 0.0158. The van der Waals surface area contributed by atoms with Crippen LogP contribution in [-0.4, -0.2) is 30.8 Å². The van der Waals surface area contributed by atoms with Gasteiger partial charge < -0.3 is 9.67 Å². The van der Waals surface area contributed by atoms with E-state index in [1.165, 1.54) is 0 Å². The Balaban J connectivity index is 1.47. The van der Waals surface area contributed by atoms with Crippen molar-refractivity contribution < 1.29 is 9.90 Å². The number of aliphatic hydroxyl groups excluding tert-OH is 1. The van der Waals surface area contributed by atoms with Gasteiger partial charge in [0.15, 0.2) is 5.82 Å². The van der Waals surface area contributed by atoms with Crippen LogP contribution in [-0.2, 0) is 13.2 Å². The molecule has 5 rings (SSSR count). The largest absolute Gasteiger partial charge is 0.392 e. The van der Waals surface area contributed by atoms with Crippen molar-refractivity contribution >= 4 is 11.7 Å². The number of aliphatic hydroxyl groups is 1. The lowest BCUT2D eigenvalue weighted by atomic mass is 9.99. The SMILES string of the molecule is CC(C)n1cnnc1-c1cccc(N2Cc3ccc(-c4cccc(CO)c4)cc3C2=O)n1. The summed E-state index contributed by atoms with van der Waals surface area (Å²) in [6, 6.07) is 19.5. The van der Waals surface area contributed by atoms with Crippen molar-refractivity contribution in [1.82, 2.24) is 19.7 Å². The number of hydrogen-bond acceptors (Lipinski definition) is 5. The van der Waals surface area contributed by atoms with Gasteiger partial charge in [0.2, 0.25) is 0 Å². The summed E-state index contributed by atoms with van der Waals surface area (Å²) in [6.07, 6.45) is 1.69. The molecule has 0 saturated heterocycles. The van der Waals surface area contributed by atoms with E-state index >= 15 is 0 Å². The van der Waals surface area contributed by atoms with Gasteiger partial charge in [-0.15, -0.1) is 10.2 Å². The second kappa shape index (κ2) is 8.01. The molecule has 2 aromatic heterocycles. The number of hydrogen-bond donors (Lipinski definition) is 1. The molecule has 1 N–H and O–H groups in total. The van der Waals surface area contributed by atoms with Crippen molar-refractivity contribution in [2.24, 2.45) is 0 Å². The van der Waals surface area contributed by atoms with Gasteiger partial charge in [-0.05, 0) is 60.4 Å². The van der Waals surface area contributed by atoms with Gasteiger partial charge in [0.25, 0.3) is 5.91 Å². The maximum atomic E-state index is 13.3. The molecule has 7 heteroatoms. The van der Waals surface area contributed by atoms with Gasteiger partial charge in [-0.1, -0.05) is 36.4 Å². The fourth-order valence-electron chi connectivity index (χ4n) is 4.02. The Morgan fingerprint density at radius 2 is 1.84 bits per heavy atom. The van der Waals surface area contributed by atoms with Gasteiger partial charge in [0.05, 0.1) is 13.2 Å². The first-order valence-electron chi connectivity index (χ1n) is 10.6. The fraction of sp³-hybridized carbons (Fsp3) is 0.200. The topological polar surface area (TPSA) is 84.1 Å². The molecule has 0 aliphatic carbocycles. The van der Waals surface area contributed by atoms with Crippen molar-refractivity contribution in [2.75, 3.05) is 4.90 Å². The minimum atomic E-state index is -0.0739. The van der Waals surface area contributed by atoms with Crippen molar-refractivity contribution in [3.63, 3.8) is 0 Å². The second-order valence-corrected chi connectivity index (χ2v) is 8.16. The Bertz CT molecular complexity index is 1310. The minimum Gasteiger partial charge on any atom is -0.392 e. The van der Waals surface area contributed by atoms with Crippen LogP contribution in [0.15, 0.2) is 67.0 Å². The first-order chi connectivity index (χ1) is 15.5. The summed E-state index contributed by atoms with van der Waals surface area (Å²) in [7, 11) is 0. The lowest BCUT2D eigenvalue weighted by Gasteiger charge is -2.16. The third-order valence-electron chi connectivity index (χ3n) is 5.73. The van der Waals surface area contributed by atoms with E-state index in [4.69, 9.17) is 4.98 Å². The number of rotatable bonds is 5. The molecule has 0 radical (unpaired) electrons. The van der Waals surface area contributed by atoms with E-state index in [0.717, 1.165) is 22.3 Å². The van der Waals surface area contributed by atoms with Gasteiger partial charge in [-0.3, -0.25) is 9.69 Å². The zero-order valence-corrected chi connectivity index (χ0v) is 17.9. The summed E-state index contributed by atoms with van der Waals surface area (Å²) in [5.74, 6) is 1.19. The molecule has 0 unspecified atom stereocenters. The quantitative estimate of drug-likeness (QED) is 0.517. The Kier molecular flexibility index (Phi) is 5.03. The number of fused-ring (bicyclic) bond motifs is 1. The zero-order valence-electron chi connectivity index (χ0n) is 17.9. The zero-order chi connectivity index (χ0) is 22.2. The lowest BCUT2D eigenvalue weighted by Crippen LogP contribution is -2.24. The highest BCUT2D eigenvalue weighted by atomic mass is 16.3. The second-order valence-electron chi connectivity index (χ2n) is 8.16. The molecule has 0 bridgehead atoms. The van der Waals surface area contributed by atoms with Crippen LogP contribution in [0.1, 0.15) is 41.4 Å². The van der Waals surface area contributed by atoms with E-state index in [0.29, 0.717) is 29.4 Å². The van der Waals surface area contributed by atoms with Gasteiger partial charge in [-0.25, -0.2) is 4.98 Å². The summed E-state index contributed by atoms with van der Waals surface area (Å²) in [5, 5.41) is 17.7. The van der Waals surface area contributed by atoms with E-state index in [1.807, 2.05) is 65.2 Å². The molecule has 160 valence electrons. The monoisotopic (exact) mass is 425 g/mol. The lowest BCUT2D eigenvalue weighted by molar-refractivity contribution is 0.0996. The van der Waals surface area contributed by atoms with E-state index in [1.54, 1.807) is 11.2 Å². The Morgan fingerprint density at radius 1 is 1.03 bits per heavy atom. The molecule has 0 spiro atoms.